The summed E-state index contributed by atoms with van der Waals surface area (Å²) in [5.74, 6) is 0.457. The van der Waals surface area contributed by atoms with Crippen molar-refractivity contribution >= 4 is 23.2 Å². The Balaban J connectivity index is 1.59. The van der Waals surface area contributed by atoms with Gasteiger partial charge in [0.25, 0.3) is 5.91 Å². The van der Waals surface area contributed by atoms with Crippen LogP contribution in [0.1, 0.15) is 61.0 Å². The Kier molecular flexibility index (Phi) is 5.69. The van der Waals surface area contributed by atoms with E-state index in [0.717, 1.165) is 24.1 Å². The van der Waals surface area contributed by atoms with Crippen LogP contribution < -0.4 is 10.7 Å². The van der Waals surface area contributed by atoms with E-state index < -0.39 is 0 Å². The fourth-order valence-electron chi connectivity index (χ4n) is 2.67. The first-order valence-electron chi connectivity index (χ1n) is 9.30. The number of nitrogens with zero attached hydrogens (tertiary/aromatic N) is 1. The van der Waals surface area contributed by atoms with Gasteiger partial charge in [0, 0.05) is 17.2 Å². The second-order valence-corrected chi connectivity index (χ2v) is 7.26. The van der Waals surface area contributed by atoms with Crippen molar-refractivity contribution in [3.63, 3.8) is 0 Å². The van der Waals surface area contributed by atoms with Crippen molar-refractivity contribution in [2.24, 2.45) is 11.0 Å². The molecule has 0 radical (unpaired) electrons. The third-order valence-electron chi connectivity index (χ3n) is 4.68. The van der Waals surface area contributed by atoms with Gasteiger partial charge in [-0.25, -0.2) is 5.43 Å². The highest BCUT2D eigenvalue weighted by molar-refractivity contribution is 6.01. The molecule has 5 nitrogen and oxygen atoms in total. The molecule has 0 bridgehead atoms. The number of hydrogen-bond acceptors (Lipinski definition) is 3. The van der Waals surface area contributed by atoms with E-state index in [1.54, 1.807) is 0 Å². The van der Waals surface area contributed by atoms with Crippen molar-refractivity contribution in [1.29, 1.82) is 0 Å². The van der Waals surface area contributed by atoms with Crippen molar-refractivity contribution in [1.82, 2.24) is 5.43 Å². The zero-order valence-corrected chi connectivity index (χ0v) is 16.0. The topological polar surface area (TPSA) is 70.6 Å². The number of hydrogen-bond donors (Lipinski definition) is 2. The average molecular weight is 363 g/mol. The van der Waals surface area contributed by atoms with E-state index >= 15 is 0 Å². The highest BCUT2D eigenvalue weighted by Gasteiger charge is 2.29. The maximum Gasteiger partial charge on any atom is 0.271 e. The van der Waals surface area contributed by atoms with Gasteiger partial charge in [-0.1, -0.05) is 38.1 Å². The number of rotatable bonds is 6. The van der Waals surface area contributed by atoms with Crippen LogP contribution in [0.15, 0.2) is 53.6 Å². The lowest BCUT2D eigenvalue weighted by Crippen LogP contribution is -2.19. The minimum Gasteiger partial charge on any atom is -0.326 e. The van der Waals surface area contributed by atoms with Gasteiger partial charge < -0.3 is 5.32 Å². The van der Waals surface area contributed by atoms with E-state index in [-0.39, 0.29) is 17.7 Å². The number of nitrogens with one attached hydrogen (secondary N) is 2. The highest BCUT2D eigenvalue weighted by atomic mass is 16.2. The molecular weight excluding hydrogens is 338 g/mol. The largest absolute Gasteiger partial charge is 0.326 e. The van der Waals surface area contributed by atoms with Crippen LogP contribution in [-0.2, 0) is 4.79 Å². The van der Waals surface area contributed by atoms with Gasteiger partial charge in [0.1, 0.15) is 0 Å². The maximum atomic E-state index is 12.2. The van der Waals surface area contributed by atoms with Gasteiger partial charge >= 0.3 is 0 Å². The van der Waals surface area contributed by atoms with Crippen molar-refractivity contribution in [2.45, 2.75) is 39.5 Å². The Morgan fingerprint density at radius 3 is 2.11 bits per heavy atom. The third-order valence-corrected chi connectivity index (χ3v) is 4.68. The SMILES string of the molecule is CC(=NNC(=O)c1ccc(C(C)C)cc1)c1ccc(NC(=O)C2CC2)cc1. The van der Waals surface area contributed by atoms with E-state index in [1.165, 1.54) is 5.56 Å². The lowest BCUT2D eigenvalue weighted by atomic mass is 10.0. The van der Waals surface area contributed by atoms with Gasteiger partial charge in [-0.15, -0.1) is 0 Å². The summed E-state index contributed by atoms with van der Waals surface area (Å²) in [6, 6.07) is 15.0. The number of hydrazone groups is 1. The number of benzene rings is 2. The molecule has 27 heavy (non-hydrogen) atoms. The molecule has 0 saturated heterocycles. The van der Waals surface area contributed by atoms with Crippen LogP contribution in [0, 0.1) is 5.92 Å². The molecule has 5 heteroatoms. The Bertz CT molecular complexity index is 848. The molecule has 2 N–H and O–H groups in total. The highest BCUT2D eigenvalue weighted by Crippen LogP contribution is 2.30. The van der Waals surface area contributed by atoms with Gasteiger partial charge in [0.2, 0.25) is 5.91 Å². The summed E-state index contributed by atoms with van der Waals surface area (Å²) in [7, 11) is 0. The van der Waals surface area contributed by atoms with Crippen LogP contribution in [0.25, 0.3) is 0 Å². The smallest absolute Gasteiger partial charge is 0.271 e. The molecule has 1 aliphatic carbocycles. The van der Waals surface area contributed by atoms with Crippen LogP contribution in [0.2, 0.25) is 0 Å². The lowest BCUT2D eigenvalue weighted by Gasteiger charge is -2.07. The number of amides is 2. The van der Waals surface area contributed by atoms with E-state index in [4.69, 9.17) is 0 Å². The molecule has 0 spiro atoms. The third kappa shape index (κ3) is 5.03. The summed E-state index contributed by atoms with van der Waals surface area (Å²) in [6.07, 6.45) is 1.96. The predicted octanol–water partition coefficient (Wildman–Crippen LogP) is 4.31. The molecule has 0 atom stereocenters. The van der Waals surface area contributed by atoms with Crippen LogP contribution in [0.4, 0.5) is 5.69 Å². The van der Waals surface area contributed by atoms with Crippen LogP contribution in [0.3, 0.4) is 0 Å². The predicted molar refractivity (Wildman–Crippen MR) is 108 cm³/mol. The minimum atomic E-state index is -0.238. The number of carbonyl (C=O) groups is 2. The zero-order valence-electron chi connectivity index (χ0n) is 16.0. The Morgan fingerprint density at radius 2 is 1.56 bits per heavy atom. The molecule has 1 fully saturated rings. The van der Waals surface area contributed by atoms with Gasteiger partial charge in [-0.3, -0.25) is 9.59 Å². The molecule has 2 aromatic carbocycles. The lowest BCUT2D eigenvalue weighted by molar-refractivity contribution is -0.117. The summed E-state index contributed by atoms with van der Waals surface area (Å²) >= 11 is 0. The van der Waals surface area contributed by atoms with Crippen molar-refractivity contribution in [2.75, 3.05) is 5.32 Å². The number of anilines is 1. The van der Waals surface area contributed by atoms with Gasteiger partial charge in [0.05, 0.1) is 5.71 Å². The van der Waals surface area contributed by atoms with E-state index in [9.17, 15) is 9.59 Å². The van der Waals surface area contributed by atoms with Gasteiger partial charge in [0.15, 0.2) is 0 Å². The molecule has 3 rings (SSSR count). The molecule has 140 valence electrons. The van der Waals surface area contributed by atoms with Crippen LogP contribution in [-0.4, -0.2) is 17.5 Å². The summed E-state index contributed by atoms with van der Waals surface area (Å²) < 4.78 is 0. The molecule has 0 aliphatic heterocycles. The number of carbonyl (C=O) groups excluding carboxylic acids is 2. The summed E-state index contributed by atoms with van der Waals surface area (Å²) in [5.41, 5.74) is 6.72. The molecule has 2 aromatic rings. The fourth-order valence-corrected chi connectivity index (χ4v) is 2.67. The zero-order chi connectivity index (χ0) is 19.4. The molecule has 0 aromatic heterocycles. The average Bonchev–Trinajstić information content (AvgIpc) is 3.52. The molecule has 1 saturated carbocycles. The normalized spacial score (nSPS) is 14.1. The summed E-state index contributed by atoms with van der Waals surface area (Å²) in [5, 5.41) is 7.09. The van der Waals surface area contributed by atoms with Crippen LogP contribution in [0.5, 0.6) is 0 Å². The molecule has 2 amide bonds. The molecule has 0 heterocycles. The molecule has 0 unspecified atom stereocenters. The molecular formula is C22H25N3O2. The first-order valence-corrected chi connectivity index (χ1v) is 9.30. The second-order valence-electron chi connectivity index (χ2n) is 7.26. The Labute approximate surface area is 159 Å². The first kappa shape index (κ1) is 18.8. The monoisotopic (exact) mass is 363 g/mol. The Morgan fingerprint density at radius 1 is 0.963 bits per heavy atom. The van der Waals surface area contributed by atoms with E-state index in [2.05, 4.69) is 29.7 Å². The van der Waals surface area contributed by atoms with Crippen molar-refractivity contribution in [3.05, 3.63) is 65.2 Å². The fraction of sp³-hybridized carbons (Fsp3) is 0.318. The van der Waals surface area contributed by atoms with E-state index in [0.29, 0.717) is 17.2 Å². The van der Waals surface area contributed by atoms with E-state index in [1.807, 2.05) is 55.5 Å². The van der Waals surface area contributed by atoms with Crippen molar-refractivity contribution < 1.29 is 9.59 Å². The van der Waals surface area contributed by atoms with Crippen LogP contribution >= 0.6 is 0 Å². The maximum absolute atomic E-state index is 12.2. The van der Waals surface area contributed by atoms with Gasteiger partial charge in [-0.05, 0) is 61.1 Å². The quantitative estimate of drug-likeness (QED) is 0.593. The Hall–Kier alpha value is -2.95. The first-order chi connectivity index (χ1) is 12.9. The second kappa shape index (κ2) is 8.16. The molecule has 1 aliphatic rings. The minimum absolute atomic E-state index is 0.0869. The van der Waals surface area contributed by atoms with Gasteiger partial charge in [-0.2, -0.15) is 5.10 Å². The standard InChI is InChI=1S/C22H25N3O2/c1-14(2)16-4-6-19(7-5-16)22(27)25-24-15(3)17-10-12-20(13-11-17)23-21(26)18-8-9-18/h4-7,10-14,18H,8-9H2,1-3H3,(H,23,26)(H,25,27). The summed E-state index contributed by atoms with van der Waals surface area (Å²) in [4.78, 5) is 24.0. The summed E-state index contributed by atoms with van der Waals surface area (Å²) in [6.45, 7) is 6.07. The van der Waals surface area contributed by atoms with Crippen molar-refractivity contribution in [3.8, 4) is 0 Å².